The minimum Gasteiger partial charge on any atom is -0.508 e. The lowest BCUT2D eigenvalue weighted by molar-refractivity contribution is -0.413. The Balaban J connectivity index is 0.000000172. The molecule has 0 aliphatic heterocycles. The van der Waals surface area contributed by atoms with Gasteiger partial charge in [0, 0.05) is 68.2 Å². The molecule has 18 aromatic carbocycles. The molecule has 0 saturated carbocycles. The van der Waals surface area contributed by atoms with Crippen LogP contribution in [0.1, 0.15) is 0 Å². The van der Waals surface area contributed by atoms with Crippen LogP contribution in [0.2, 0.25) is 0 Å². The predicted octanol–water partition coefficient (Wildman–Crippen LogP) is 31.1. The summed E-state index contributed by atoms with van der Waals surface area (Å²) in [7, 11) is -18.7. The highest BCUT2D eigenvalue weighted by atomic mass is 32.2. The van der Waals surface area contributed by atoms with Crippen LogP contribution in [0.5, 0.6) is 11.5 Å². The van der Waals surface area contributed by atoms with Gasteiger partial charge in [0.2, 0.25) is 0 Å². The first-order valence-electron chi connectivity index (χ1n) is 42.6. The molecule has 18 rings (SSSR count). The Kier molecular flexibility index (Phi) is 28.8. The molecule has 0 heterocycles. The number of alkyl halides is 9. The number of para-hydroxylation sites is 2. The lowest BCUT2D eigenvalue weighted by atomic mass is 10.0. The van der Waals surface area contributed by atoms with Crippen LogP contribution in [0, 0.1) is 0 Å². The summed E-state index contributed by atoms with van der Waals surface area (Å²) in [6.45, 7) is 0. The zero-order valence-corrected chi connectivity index (χ0v) is 74.9. The van der Waals surface area contributed by atoms with Gasteiger partial charge in [0.25, 0.3) is 0 Å². The zero-order valence-electron chi connectivity index (χ0n) is 72.5. The fourth-order valence-corrected chi connectivity index (χ4v) is 16.0. The van der Waals surface area contributed by atoms with E-state index in [1.165, 1.54) is 57.6 Å². The summed E-state index contributed by atoms with van der Waals surface area (Å²) in [4.78, 5) is 9.01. The second-order valence-electron chi connectivity index (χ2n) is 31.0. The van der Waals surface area contributed by atoms with Crippen molar-refractivity contribution in [1.82, 2.24) is 0 Å². The number of halogens is 9. The molecule has 0 aliphatic rings. The molecule has 690 valence electrons. The first-order valence-corrected chi connectivity index (χ1v) is 46.8. The lowest BCUT2D eigenvalue weighted by Crippen LogP contribution is -2.29. The smallest absolute Gasteiger partial charge is 0.508 e. The van der Waals surface area contributed by atoms with Crippen LogP contribution in [0.4, 0.5) is 108 Å². The van der Waals surface area contributed by atoms with E-state index in [1.807, 2.05) is 84.9 Å². The molecule has 0 atom stereocenters. The largest absolute Gasteiger partial charge is 0.534 e. The molecule has 0 radical (unpaired) electrons. The quantitative estimate of drug-likeness (QED) is 0.0178. The first-order chi connectivity index (χ1) is 66.5. The van der Waals surface area contributed by atoms with E-state index < -0.39 is 52.6 Å². The number of aromatic hydroxyl groups is 1. The molecule has 1 N–H and O–H groups in total. The normalized spacial score (nSPS) is 11.7. The average molecular weight is 1910 g/mol. The van der Waals surface area contributed by atoms with E-state index in [4.69, 9.17) is 0 Å². The van der Waals surface area contributed by atoms with E-state index in [-0.39, 0.29) is 5.75 Å². The number of rotatable bonds is 26. The van der Waals surface area contributed by atoms with Crippen molar-refractivity contribution in [2.45, 2.75) is 16.5 Å². The molecule has 0 spiro atoms. The Morgan fingerprint density at radius 3 is 0.478 bits per heavy atom. The summed E-state index contributed by atoms with van der Waals surface area (Å²) in [5.41, 5.74) is 12.3. The molecule has 0 aliphatic carbocycles. The number of phenols is 1. The van der Waals surface area contributed by atoms with Crippen LogP contribution in [0.25, 0.3) is 89.0 Å². The van der Waals surface area contributed by atoms with E-state index >= 15 is 0 Å². The summed E-state index contributed by atoms with van der Waals surface area (Å²) < 4.78 is 179. The molecule has 0 amide bonds. The molecular formula is C111H79F9N4O11S3. The van der Waals surface area contributed by atoms with E-state index in [2.05, 4.69) is 389 Å². The summed E-state index contributed by atoms with van der Waals surface area (Å²) in [6.07, 6.45) is 0. The SMILES string of the molecule is O=S(=O)(OOOS(=O)(=O)C(F)(F)F)C(F)(F)F.O=S(=O)(Oc1ccc(-c2ccc(N(c3ccccc3)c3ccc(-c4ccc(N(c5ccc(-c6ccccc6)cc5)c5ccc(-c6ccccc6)cc5)cc4)cc3)cc2)cc1)C(F)(F)F.Oc1ccc(-c2ccc(N(c3ccccc3)c3ccc(-c4ccc(N(c5ccc(-c6ccccc6)cc5)c5ccc(-c6ccccc6)cc5)cc4)cc3)cc2)cc1. The molecule has 15 nitrogen and oxygen atoms in total. The molecule has 138 heavy (non-hydrogen) atoms. The van der Waals surface area contributed by atoms with Gasteiger partial charge >= 0.3 is 46.9 Å². The number of benzene rings is 18. The number of phenolic OH excluding ortho intramolecular Hbond substituents is 1. The molecule has 0 fully saturated rings. The van der Waals surface area contributed by atoms with Crippen LogP contribution in [-0.2, 0) is 44.1 Å². The highest BCUT2D eigenvalue weighted by Crippen LogP contribution is 2.45. The maximum absolute atomic E-state index is 12.8. The van der Waals surface area contributed by atoms with E-state index in [9.17, 15) is 69.9 Å². The zero-order chi connectivity index (χ0) is 96.6. The number of nitrogens with zero attached hydrogens (tertiary/aromatic N) is 4. The third kappa shape index (κ3) is 22.9. The minimum absolute atomic E-state index is 0.266. The van der Waals surface area contributed by atoms with Crippen LogP contribution in [0.3, 0.4) is 0 Å². The van der Waals surface area contributed by atoms with E-state index in [1.54, 1.807) is 12.1 Å². The molecule has 0 saturated heterocycles. The van der Waals surface area contributed by atoms with Crippen molar-refractivity contribution in [3.8, 4) is 101 Å². The van der Waals surface area contributed by atoms with Gasteiger partial charge in [0.05, 0.1) is 0 Å². The van der Waals surface area contributed by atoms with Crippen molar-refractivity contribution in [1.29, 1.82) is 0 Å². The van der Waals surface area contributed by atoms with E-state index in [0.29, 0.717) is 5.56 Å². The lowest BCUT2D eigenvalue weighted by Gasteiger charge is -2.26. The van der Waals surface area contributed by atoms with Crippen molar-refractivity contribution < 1.29 is 87.8 Å². The van der Waals surface area contributed by atoms with Crippen molar-refractivity contribution in [3.05, 3.63) is 473 Å². The van der Waals surface area contributed by atoms with Gasteiger partial charge in [-0.3, -0.25) is 0 Å². The highest BCUT2D eigenvalue weighted by molar-refractivity contribution is 7.88. The molecule has 27 heteroatoms. The Bertz CT molecular complexity index is 7240. The maximum Gasteiger partial charge on any atom is 0.534 e. The summed E-state index contributed by atoms with van der Waals surface area (Å²) in [5.74, 6) is -0.161. The van der Waals surface area contributed by atoms with Crippen molar-refractivity contribution >= 4 is 98.6 Å². The maximum atomic E-state index is 12.8. The van der Waals surface area contributed by atoms with Gasteiger partial charge < -0.3 is 28.9 Å². The predicted molar refractivity (Wildman–Crippen MR) is 526 cm³/mol. The summed E-state index contributed by atoms with van der Waals surface area (Å²) >= 11 is 0. The van der Waals surface area contributed by atoms with Crippen molar-refractivity contribution in [2.75, 3.05) is 19.6 Å². The Morgan fingerprint density at radius 2 is 0.312 bits per heavy atom. The second kappa shape index (κ2) is 41.8. The fourth-order valence-electron chi connectivity index (χ4n) is 15.2. The van der Waals surface area contributed by atoms with Crippen LogP contribution in [-0.4, -0.2) is 46.9 Å². The summed E-state index contributed by atoms with van der Waals surface area (Å²) in [6, 6.07) is 161. The number of hydrogen-bond acceptors (Lipinski definition) is 15. The van der Waals surface area contributed by atoms with Gasteiger partial charge in [0.15, 0.2) is 0 Å². The summed E-state index contributed by atoms with van der Waals surface area (Å²) in [5, 5.41) is 12.2. The van der Waals surface area contributed by atoms with Crippen LogP contribution >= 0.6 is 0 Å². The van der Waals surface area contributed by atoms with Gasteiger partial charge in [-0.25, -0.2) is 0 Å². The van der Waals surface area contributed by atoms with Crippen LogP contribution < -0.4 is 23.8 Å². The van der Waals surface area contributed by atoms with Gasteiger partial charge in [-0.1, -0.05) is 312 Å². The third-order valence-corrected chi connectivity index (χ3v) is 24.6. The highest BCUT2D eigenvalue weighted by Gasteiger charge is 2.52. The molecule has 0 aromatic heterocycles. The second-order valence-corrected chi connectivity index (χ2v) is 35.6. The van der Waals surface area contributed by atoms with Crippen molar-refractivity contribution in [3.63, 3.8) is 0 Å². The van der Waals surface area contributed by atoms with Gasteiger partial charge in [0.1, 0.15) is 11.5 Å². The van der Waals surface area contributed by atoms with Crippen molar-refractivity contribution in [2.24, 2.45) is 0 Å². The standard InChI is InChI=1S/C55H39F3N2O3S.C54H40N2O.C2F6O7S2/c56-55(57,58)64(61,62)63-54-38-26-47(27-39-54)46-24-34-50(35-25-46)59(48-14-8-3-9-15-48)49-32-20-44(21-33-49)45-22-36-53(37-23-45)60(51-28-16-42(17-29-51)40-10-4-1-5-11-40)52-30-18-43(19-31-52)41-12-6-2-7-13-41;57-54-38-26-47(27-39-54)46-24-34-50(35-25-46)55(48-14-8-3-9-15-48)49-32-20-44(21-33-49)45-22-36-53(37-23-45)56(51-28-16-42(17-29-51)40-10-4-1-5-11-40)52-30-18-43(19-31-52)41-12-6-2-7-13-41;3-1(4,5)16(9,10)14-13-15-17(11,12)2(6,7)8/h1-39H;1-39,57H;. The molecular weight excluding hydrogens is 1830 g/mol. The average Bonchev–Trinajstić information content (AvgIpc) is 0.783. The third-order valence-electron chi connectivity index (χ3n) is 22.1. The van der Waals surface area contributed by atoms with Crippen LogP contribution in [0.15, 0.2) is 473 Å². The number of hydrogen-bond donors (Lipinski definition) is 1. The van der Waals surface area contributed by atoms with E-state index in [0.717, 1.165) is 118 Å². The van der Waals surface area contributed by atoms with Gasteiger partial charge in [-0.15, -0.1) is 0 Å². The Morgan fingerprint density at radius 1 is 0.174 bits per heavy atom. The monoisotopic (exact) mass is 1910 g/mol. The minimum atomic E-state index is -6.44. The van der Waals surface area contributed by atoms with Gasteiger partial charge in [-0.05, 0) is 264 Å². The van der Waals surface area contributed by atoms with Gasteiger partial charge in [-0.2, -0.15) is 64.8 Å². The molecule has 0 bridgehead atoms. The fraction of sp³-hybridized carbons (Fsp3) is 0.0270. The topological polar surface area (TPSA) is 173 Å². The Hall–Kier alpha value is -16.1. The number of anilines is 12. The molecule has 18 aromatic rings. The molecule has 0 unspecified atom stereocenters. The first kappa shape index (κ1) is 95.0. The Labute approximate surface area is 791 Å².